The van der Waals surface area contributed by atoms with E-state index < -0.39 is 0 Å². The molecule has 1 aromatic heterocycles. The number of halogens is 1. The summed E-state index contributed by atoms with van der Waals surface area (Å²) in [6, 6.07) is 0. The summed E-state index contributed by atoms with van der Waals surface area (Å²) >= 11 is 3.46. The number of aromatic nitrogens is 2. The summed E-state index contributed by atoms with van der Waals surface area (Å²) in [7, 11) is 0. The van der Waals surface area contributed by atoms with Gasteiger partial charge in [0.2, 0.25) is 5.91 Å². The molecule has 80 valence electrons. The van der Waals surface area contributed by atoms with Gasteiger partial charge in [-0.05, 0) is 12.0 Å². The Kier molecular flexibility index (Phi) is 3.30. The molecule has 1 saturated heterocycles. The monoisotopic (exact) mass is 269 g/mol. The number of amides is 1. The second-order valence-electron chi connectivity index (χ2n) is 3.64. The maximum absolute atomic E-state index is 11.5. The minimum atomic E-state index is 0.230. The predicted molar refractivity (Wildman–Crippen MR) is 59.6 cm³/mol. The Morgan fingerprint density at radius 3 is 2.80 bits per heavy atom. The van der Waals surface area contributed by atoms with E-state index in [0.717, 1.165) is 25.1 Å². The van der Waals surface area contributed by atoms with Crippen LogP contribution in [-0.4, -0.2) is 38.7 Å². The summed E-state index contributed by atoms with van der Waals surface area (Å²) in [5.74, 6) is 0.230. The average molecular weight is 270 g/mol. The van der Waals surface area contributed by atoms with Crippen LogP contribution in [0, 0.1) is 0 Å². The number of likely N-dealkylation sites (tertiary alicyclic amines) is 1. The van der Waals surface area contributed by atoms with Crippen LogP contribution in [0.2, 0.25) is 0 Å². The van der Waals surface area contributed by atoms with Crippen LogP contribution >= 0.6 is 15.9 Å². The maximum atomic E-state index is 11.5. The first-order chi connectivity index (χ1) is 7.25. The Morgan fingerprint density at radius 1 is 1.47 bits per heavy atom. The van der Waals surface area contributed by atoms with Gasteiger partial charge >= 0.3 is 0 Å². The standard InChI is InChI=1S/C10H12BrN3O/c11-9-3-10(15)14(6-9)2-1-8-4-12-7-13-5-8/h4-5,7,9H,1-3,6H2. The molecule has 0 spiro atoms. The van der Waals surface area contributed by atoms with Gasteiger partial charge in [-0.15, -0.1) is 0 Å². The molecule has 0 bridgehead atoms. The largest absolute Gasteiger partial charge is 0.341 e. The van der Waals surface area contributed by atoms with Gasteiger partial charge in [0.1, 0.15) is 6.33 Å². The van der Waals surface area contributed by atoms with Crippen LogP contribution in [0.1, 0.15) is 12.0 Å². The molecule has 5 heteroatoms. The Bertz CT molecular complexity index is 344. The van der Waals surface area contributed by atoms with Gasteiger partial charge < -0.3 is 4.90 Å². The van der Waals surface area contributed by atoms with E-state index in [4.69, 9.17) is 0 Å². The van der Waals surface area contributed by atoms with E-state index in [1.165, 1.54) is 6.33 Å². The second-order valence-corrected chi connectivity index (χ2v) is 4.93. The number of carbonyl (C=O) groups is 1. The van der Waals surface area contributed by atoms with E-state index in [-0.39, 0.29) is 5.91 Å². The van der Waals surface area contributed by atoms with E-state index in [2.05, 4.69) is 25.9 Å². The first kappa shape index (κ1) is 10.5. The molecule has 2 heterocycles. The summed E-state index contributed by atoms with van der Waals surface area (Å²) in [5.41, 5.74) is 1.07. The molecule has 1 unspecified atom stereocenters. The van der Waals surface area contributed by atoms with Gasteiger partial charge in [-0.3, -0.25) is 4.79 Å². The van der Waals surface area contributed by atoms with Gasteiger partial charge in [0, 0.05) is 36.7 Å². The lowest BCUT2D eigenvalue weighted by Crippen LogP contribution is -2.27. The lowest BCUT2D eigenvalue weighted by atomic mass is 10.2. The zero-order chi connectivity index (χ0) is 10.7. The fourth-order valence-electron chi connectivity index (χ4n) is 1.66. The van der Waals surface area contributed by atoms with Crippen molar-refractivity contribution in [3.8, 4) is 0 Å². The molecule has 1 atom stereocenters. The molecule has 4 nitrogen and oxygen atoms in total. The molecular formula is C10H12BrN3O. The van der Waals surface area contributed by atoms with Crippen molar-refractivity contribution in [1.82, 2.24) is 14.9 Å². The highest BCUT2D eigenvalue weighted by molar-refractivity contribution is 9.09. The summed E-state index contributed by atoms with van der Waals surface area (Å²) in [4.78, 5) is 21.5. The fraction of sp³-hybridized carbons (Fsp3) is 0.500. The van der Waals surface area contributed by atoms with Gasteiger partial charge in [-0.25, -0.2) is 9.97 Å². The number of alkyl halides is 1. The Balaban J connectivity index is 1.86. The predicted octanol–water partition coefficient (Wildman–Crippen LogP) is 1.01. The fourth-order valence-corrected chi connectivity index (χ4v) is 2.29. The molecule has 1 aromatic rings. The third-order valence-corrected chi connectivity index (χ3v) is 3.07. The van der Waals surface area contributed by atoms with Crippen LogP contribution in [0.25, 0.3) is 0 Å². The number of carbonyl (C=O) groups excluding carboxylic acids is 1. The molecule has 15 heavy (non-hydrogen) atoms. The number of rotatable bonds is 3. The van der Waals surface area contributed by atoms with Crippen molar-refractivity contribution in [3.05, 3.63) is 24.3 Å². The molecule has 1 aliphatic heterocycles. The van der Waals surface area contributed by atoms with Gasteiger partial charge in [0.05, 0.1) is 0 Å². The van der Waals surface area contributed by atoms with Gasteiger partial charge in [-0.2, -0.15) is 0 Å². The Morgan fingerprint density at radius 2 is 2.20 bits per heavy atom. The molecule has 0 saturated carbocycles. The van der Waals surface area contributed by atoms with E-state index >= 15 is 0 Å². The van der Waals surface area contributed by atoms with E-state index in [0.29, 0.717) is 11.2 Å². The summed E-state index contributed by atoms with van der Waals surface area (Å²) in [6.07, 6.45) is 6.54. The highest BCUT2D eigenvalue weighted by atomic mass is 79.9. The van der Waals surface area contributed by atoms with Crippen LogP contribution in [0.15, 0.2) is 18.7 Å². The molecule has 1 fully saturated rings. The number of nitrogens with zero attached hydrogens (tertiary/aromatic N) is 3. The maximum Gasteiger partial charge on any atom is 0.223 e. The molecule has 0 N–H and O–H groups in total. The highest BCUT2D eigenvalue weighted by Crippen LogP contribution is 2.18. The summed E-state index contributed by atoms with van der Waals surface area (Å²) in [5, 5.41) is 0. The van der Waals surface area contributed by atoms with Crippen molar-refractivity contribution in [3.63, 3.8) is 0 Å². The van der Waals surface area contributed by atoms with E-state index in [1.54, 1.807) is 12.4 Å². The summed E-state index contributed by atoms with van der Waals surface area (Å²) < 4.78 is 0. The Labute approximate surface area is 96.8 Å². The zero-order valence-corrected chi connectivity index (χ0v) is 9.85. The molecule has 0 radical (unpaired) electrons. The van der Waals surface area contributed by atoms with Gasteiger partial charge in [-0.1, -0.05) is 15.9 Å². The van der Waals surface area contributed by atoms with Crippen molar-refractivity contribution < 1.29 is 4.79 Å². The van der Waals surface area contributed by atoms with E-state index in [1.807, 2.05) is 4.90 Å². The highest BCUT2D eigenvalue weighted by Gasteiger charge is 2.26. The minimum Gasteiger partial charge on any atom is -0.341 e. The molecular weight excluding hydrogens is 258 g/mol. The topological polar surface area (TPSA) is 46.1 Å². The van der Waals surface area contributed by atoms with Crippen molar-refractivity contribution in [2.45, 2.75) is 17.7 Å². The average Bonchev–Trinajstić information content (AvgIpc) is 2.56. The van der Waals surface area contributed by atoms with Crippen LogP contribution in [0.5, 0.6) is 0 Å². The molecule has 0 aliphatic carbocycles. The second kappa shape index (κ2) is 4.70. The zero-order valence-electron chi connectivity index (χ0n) is 8.27. The van der Waals surface area contributed by atoms with Crippen LogP contribution in [-0.2, 0) is 11.2 Å². The lowest BCUT2D eigenvalue weighted by Gasteiger charge is -2.14. The third kappa shape index (κ3) is 2.75. The van der Waals surface area contributed by atoms with Gasteiger partial charge in [0.15, 0.2) is 0 Å². The van der Waals surface area contributed by atoms with Crippen molar-refractivity contribution in [2.24, 2.45) is 0 Å². The SMILES string of the molecule is O=C1CC(Br)CN1CCc1cncnc1. The number of hydrogen-bond donors (Lipinski definition) is 0. The minimum absolute atomic E-state index is 0.230. The quantitative estimate of drug-likeness (QED) is 0.770. The smallest absolute Gasteiger partial charge is 0.223 e. The first-order valence-electron chi connectivity index (χ1n) is 4.91. The van der Waals surface area contributed by atoms with Crippen molar-refractivity contribution in [2.75, 3.05) is 13.1 Å². The first-order valence-corrected chi connectivity index (χ1v) is 5.83. The van der Waals surface area contributed by atoms with Crippen LogP contribution < -0.4 is 0 Å². The summed E-state index contributed by atoms with van der Waals surface area (Å²) in [6.45, 7) is 1.57. The van der Waals surface area contributed by atoms with Crippen molar-refractivity contribution in [1.29, 1.82) is 0 Å². The van der Waals surface area contributed by atoms with Gasteiger partial charge in [0.25, 0.3) is 0 Å². The molecule has 1 amide bonds. The molecule has 2 rings (SSSR count). The normalized spacial score (nSPS) is 21.0. The number of hydrogen-bond acceptors (Lipinski definition) is 3. The van der Waals surface area contributed by atoms with Crippen LogP contribution in [0.3, 0.4) is 0 Å². The molecule has 1 aliphatic rings. The third-order valence-electron chi connectivity index (χ3n) is 2.45. The van der Waals surface area contributed by atoms with E-state index in [9.17, 15) is 4.79 Å². The molecule has 0 aromatic carbocycles. The Hall–Kier alpha value is -0.970. The van der Waals surface area contributed by atoms with Crippen LogP contribution in [0.4, 0.5) is 0 Å². The lowest BCUT2D eigenvalue weighted by molar-refractivity contribution is -0.127. The van der Waals surface area contributed by atoms with Crippen molar-refractivity contribution >= 4 is 21.8 Å².